The van der Waals surface area contributed by atoms with Gasteiger partial charge in [-0.2, -0.15) is 0 Å². The highest BCUT2D eigenvalue weighted by molar-refractivity contribution is 5.84. The van der Waals surface area contributed by atoms with Crippen molar-refractivity contribution in [2.45, 2.75) is 19.9 Å². The summed E-state index contributed by atoms with van der Waals surface area (Å²) in [5, 5.41) is 5.13. The molecule has 6 heteroatoms. The highest BCUT2D eigenvalue weighted by Gasteiger charge is 2.17. The SMILES string of the molecule is COCCNC(=O)C(C)Nc1c(F)ccc(C)c1F. The number of carbonyl (C=O) groups excluding carboxylic acids is 1. The van der Waals surface area contributed by atoms with E-state index in [1.807, 2.05) is 0 Å². The Hall–Kier alpha value is -1.69. The molecule has 0 radical (unpaired) electrons. The molecule has 0 spiro atoms. The van der Waals surface area contributed by atoms with Gasteiger partial charge < -0.3 is 15.4 Å². The number of amides is 1. The van der Waals surface area contributed by atoms with Crippen LogP contribution in [0.4, 0.5) is 14.5 Å². The van der Waals surface area contributed by atoms with Crippen molar-refractivity contribution in [3.63, 3.8) is 0 Å². The van der Waals surface area contributed by atoms with Crippen LogP contribution in [0.1, 0.15) is 12.5 Å². The molecule has 1 aromatic rings. The van der Waals surface area contributed by atoms with Gasteiger partial charge in [0, 0.05) is 13.7 Å². The summed E-state index contributed by atoms with van der Waals surface area (Å²) in [6.07, 6.45) is 0. The smallest absolute Gasteiger partial charge is 0.242 e. The quantitative estimate of drug-likeness (QED) is 0.777. The summed E-state index contributed by atoms with van der Waals surface area (Å²) in [5.41, 5.74) is 0.0327. The highest BCUT2D eigenvalue weighted by Crippen LogP contribution is 2.22. The van der Waals surface area contributed by atoms with Crippen LogP contribution in [0.15, 0.2) is 12.1 Å². The minimum atomic E-state index is -0.748. The Balaban J connectivity index is 2.69. The molecule has 1 aromatic carbocycles. The number of carbonyl (C=O) groups is 1. The third-order valence-electron chi connectivity index (χ3n) is 2.64. The third kappa shape index (κ3) is 4.17. The molecule has 0 aromatic heterocycles. The molecule has 0 aliphatic heterocycles. The maximum atomic E-state index is 13.7. The second kappa shape index (κ2) is 7.04. The first-order valence-electron chi connectivity index (χ1n) is 5.95. The van der Waals surface area contributed by atoms with Crippen LogP contribution in [0.3, 0.4) is 0 Å². The molecule has 1 atom stereocenters. The second-order valence-electron chi connectivity index (χ2n) is 4.20. The van der Waals surface area contributed by atoms with Crippen molar-refractivity contribution in [1.82, 2.24) is 5.32 Å². The van der Waals surface area contributed by atoms with Gasteiger partial charge in [-0.15, -0.1) is 0 Å². The molecular weight excluding hydrogens is 254 g/mol. The highest BCUT2D eigenvalue weighted by atomic mass is 19.1. The van der Waals surface area contributed by atoms with Crippen molar-refractivity contribution in [2.75, 3.05) is 25.6 Å². The molecule has 1 rings (SSSR count). The fraction of sp³-hybridized carbons (Fsp3) is 0.462. The molecule has 2 N–H and O–H groups in total. The lowest BCUT2D eigenvalue weighted by Gasteiger charge is -2.16. The van der Waals surface area contributed by atoms with Crippen LogP contribution < -0.4 is 10.6 Å². The van der Waals surface area contributed by atoms with Crippen molar-refractivity contribution in [1.29, 1.82) is 0 Å². The fourth-order valence-corrected chi connectivity index (χ4v) is 1.50. The van der Waals surface area contributed by atoms with Gasteiger partial charge in [-0.3, -0.25) is 4.79 Å². The lowest BCUT2D eigenvalue weighted by molar-refractivity contribution is -0.121. The van der Waals surface area contributed by atoms with E-state index in [4.69, 9.17) is 4.74 Å². The van der Waals surface area contributed by atoms with E-state index in [0.29, 0.717) is 18.7 Å². The van der Waals surface area contributed by atoms with Gasteiger partial charge in [-0.05, 0) is 25.5 Å². The molecule has 0 saturated heterocycles. The lowest BCUT2D eigenvalue weighted by atomic mass is 10.1. The van der Waals surface area contributed by atoms with Crippen molar-refractivity contribution >= 4 is 11.6 Å². The van der Waals surface area contributed by atoms with Crippen LogP contribution in [0.25, 0.3) is 0 Å². The van der Waals surface area contributed by atoms with Crippen LogP contribution >= 0.6 is 0 Å². The zero-order chi connectivity index (χ0) is 14.4. The molecule has 0 aliphatic carbocycles. The summed E-state index contributed by atoms with van der Waals surface area (Å²) >= 11 is 0. The van der Waals surface area contributed by atoms with E-state index >= 15 is 0 Å². The van der Waals surface area contributed by atoms with Crippen LogP contribution in [-0.4, -0.2) is 32.2 Å². The van der Waals surface area contributed by atoms with Crippen LogP contribution in [0, 0.1) is 18.6 Å². The topological polar surface area (TPSA) is 50.4 Å². The van der Waals surface area contributed by atoms with Gasteiger partial charge in [0.2, 0.25) is 5.91 Å². The molecule has 0 saturated carbocycles. The molecule has 0 bridgehead atoms. The first-order chi connectivity index (χ1) is 8.97. The van der Waals surface area contributed by atoms with E-state index in [-0.39, 0.29) is 11.6 Å². The molecule has 4 nitrogen and oxygen atoms in total. The standard InChI is InChI=1S/C13H18F2N2O2/c1-8-4-5-10(14)12(11(8)15)17-9(2)13(18)16-6-7-19-3/h4-5,9,17H,6-7H2,1-3H3,(H,16,18). The first kappa shape index (κ1) is 15.4. The monoisotopic (exact) mass is 272 g/mol. The number of hydrogen-bond acceptors (Lipinski definition) is 3. The number of ether oxygens (including phenoxy) is 1. The van der Waals surface area contributed by atoms with Gasteiger partial charge in [0.1, 0.15) is 17.5 Å². The number of anilines is 1. The van der Waals surface area contributed by atoms with Crippen molar-refractivity contribution in [2.24, 2.45) is 0 Å². The Morgan fingerprint density at radius 2 is 2.11 bits per heavy atom. The average Bonchev–Trinajstić information content (AvgIpc) is 2.39. The number of halogens is 2. The number of hydrogen-bond donors (Lipinski definition) is 2. The molecule has 0 aliphatic rings. The predicted octanol–water partition coefficient (Wildman–Crippen LogP) is 1.84. The summed E-state index contributed by atoms with van der Waals surface area (Å²) in [4.78, 5) is 11.7. The number of rotatable bonds is 6. The number of aryl methyl sites for hydroxylation is 1. The maximum Gasteiger partial charge on any atom is 0.242 e. The number of methoxy groups -OCH3 is 1. The Labute approximate surface area is 111 Å². The summed E-state index contributed by atoms with van der Waals surface area (Å²) in [6.45, 7) is 3.79. The minimum absolute atomic E-state index is 0.283. The summed E-state index contributed by atoms with van der Waals surface area (Å²) in [6, 6.07) is 1.76. The Morgan fingerprint density at radius 3 is 2.74 bits per heavy atom. The fourth-order valence-electron chi connectivity index (χ4n) is 1.50. The van der Waals surface area contributed by atoms with Gasteiger partial charge in [-0.25, -0.2) is 8.78 Å². The van der Waals surface area contributed by atoms with Crippen molar-refractivity contribution in [3.05, 3.63) is 29.3 Å². The van der Waals surface area contributed by atoms with E-state index < -0.39 is 17.7 Å². The number of benzene rings is 1. The first-order valence-corrected chi connectivity index (χ1v) is 5.95. The van der Waals surface area contributed by atoms with Crippen LogP contribution in [0.5, 0.6) is 0 Å². The molecule has 0 heterocycles. The van der Waals surface area contributed by atoms with Gasteiger partial charge in [0.25, 0.3) is 0 Å². The van der Waals surface area contributed by atoms with Crippen molar-refractivity contribution in [3.8, 4) is 0 Å². The van der Waals surface area contributed by atoms with Gasteiger partial charge >= 0.3 is 0 Å². The molecule has 0 fully saturated rings. The summed E-state index contributed by atoms with van der Waals surface area (Å²) < 4.78 is 32.0. The van der Waals surface area contributed by atoms with E-state index in [1.165, 1.54) is 27.0 Å². The molecular formula is C13H18F2N2O2. The van der Waals surface area contributed by atoms with E-state index in [2.05, 4.69) is 10.6 Å². The zero-order valence-corrected chi connectivity index (χ0v) is 11.2. The third-order valence-corrected chi connectivity index (χ3v) is 2.64. The molecule has 1 unspecified atom stereocenters. The molecule has 19 heavy (non-hydrogen) atoms. The second-order valence-corrected chi connectivity index (χ2v) is 4.20. The van der Waals surface area contributed by atoms with E-state index in [9.17, 15) is 13.6 Å². The largest absolute Gasteiger partial charge is 0.383 e. The predicted molar refractivity (Wildman–Crippen MR) is 69.1 cm³/mol. The lowest BCUT2D eigenvalue weighted by Crippen LogP contribution is -2.39. The number of nitrogens with one attached hydrogen (secondary N) is 2. The maximum absolute atomic E-state index is 13.7. The Bertz CT molecular complexity index is 453. The average molecular weight is 272 g/mol. The summed E-state index contributed by atoms with van der Waals surface area (Å²) in [5.74, 6) is -1.76. The van der Waals surface area contributed by atoms with E-state index in [0.717, 1.165) is 6.07 Å². The van der Waals surface area contributed by atoms with Gasteiger partial charge in [0.05, 0.1) is 6.61 Å². The van der Waals surface area contributed by atoms with E-state index in [1.54, 1.807) is 0 Å². The minimum Gasteiger partial charge on any atom is -0.383 e. The van der Waals surface area contributed by atoms with Crippen molar-refractivity contribution < 1.29 is 18.3 Å². The molecule has 106 valence electrons. The van der Waals surface area contributed by atoms with Crippen LogP contribution in [0.2, 0.25) is 0 Å². The Morgan fingerprint density at radius 1 is 1.42 bits per heavy atom. The molecule has 1 amide bonds. The van der Waals surface area contributed by atoms with Crippen LogP contribution in [-0.2, 0) is 9.53 Å². The van der Waals surface area contributed by atoms with Gasteiger partial charge in [0.15, 0.2) is 5.82 Å². The summed E-state index contributed by atoms with van der Waals surface area (Å²) in [7, 11) is 1.52. The Kier molecular flexibility index (Phi) is 5.69. The normalized spacial score (nSPS) is 12.1. The van der Waals surface area contributed by atoms with Gasteiger partial charge in [-0.1, -0.05) is 6.07 Å². The zero-order valence-electron chi connectivity index (χ0n) is 11.2.